The van der Waals surface area contributed by atoms with Gasteiger partial charge in [0.05, 0.1) is 4.47 Å². The van der Waals surface area contributed by atoms with Crippen molar-refractivity contribution in [2.75, 3.05) is 0 Å². The molecule has 1 unspecified atom stereocenters. The Bertz CT molecular complexity index is 626. The quantitative estimate of drug-likeness (QED) is 0.809. The summed E-state index contributed by atoms with van der Waals surface area (Å²) in [5.74, 6) is -1.93. The third-order valence-electron chi connectivity index (χ3n) is 3.30. The van der Waals surface area contributed by atoms with E-state index in [-0.39, 0.29) is 4.47 Å². The number of rotatable bonds is 2. The molecule has 2 rings (SSSR count). The van der Waals surface area contributed by atoms with Crippen LogP contribution in [0.2, 0.25) is 0 Å². The van der Waals surface area contributed by atoms with Gasteiger partial charge in [-0.15, -0.1) is 0 Å². The van der Waals surface area contributed by atoms with Crippen molar-refractivity contribution >= 4 is 15.9 Å². The molecule has 0 saturated heterocycles. The first kappa shape index (κ1) is 14.2. The molecule has 2 aromatic carbocycles. The summed E-state index contributed by atoms with van der Waals surface area (Å²) in [6, 6.07) is 7.94. The van der Waals surface area contributed by atoms with Crippen LogP contribution in [0.25, 0.3) is 0 Å². The normalized spacial score (nSPS) is 12.5. The monoisotopic (exact) mass is 326 g/mol. The number of hydrogen-bond donors (Lipinski definition) is 1. The van der Waals surface area contributed by atoms with Crippen molar-refractivity contribution in [2.45, 2.75) is 20.0 Å². The van der Waals surface area contributed by atoms with E-state index in [1.807, 2.05) is 26.0 Å². The summed E-state index contributed by atoms with van der Waals surface area (Å²) in [6.07, 6.45) is -0.996. The molecular weight excluding hydrogens is 314 g/mol. The lowest BCUT2D eigenvalue weighted by atomic mass is 9.95. The first-order chi connectivity index (χ1) is 8.93. The van der Waals surface area contributed by atoms with E-state index >= 15 is 0 Å². The summed E-state index contributed by atoms with van der Waals surface area (Å²) in [5, 5.41) is 10.4. The molecule has 4 heteroatoms. The SMILES string of the molecule is Cc1cccc(C(O)c2ccc(F)c(F)c2Br)c1C. The maximum atomic E-state index is 13.5. The van der Waals surface area contributed by atoms with E-state index in [1.165, 1.54) is 6.07 Å². The summed E-state index contributed by atoms with van der Waals surface area (Å²) in [4.78, 5) is 0. The molecule has 0 heterocycles. The molecular formula is C15H13BrF2O. The van der Waals surface area contributed by atoms with Crippen molar-refractivity contribution in [3.8, 4) is 0 Å². The highest BCUT2D eigenvalue weighted by Gasteiger charge is 2.20. The highest BCUT2D eigenvalue weighted by molar-refractivity contribution is 9.10. The summed E-state index contributed by atoms with van der Waals surface area (Å²) < 4.78 is 26.6. The van der Waals surface area contributed by atoms with Crippen molar-refractivity contribution in [1.82, 2.24) is 0 Å². The molecule has 0 fully saturated rings. The second-order valence-corrected chi connectivity index (χ2v) is 5.25. The van der Waals surface area contributed by atoms with E-state index in [4.69, 9.17) is 0 Å². The maximum Gasteiger partial charge on any atom is 0.173 e. The first-order valence-corrected chi connectivity index (χ1v) is 6.60. The molecule has 0 aromatic heterocycles. The molecule has 100 valence electrons. The molecule has 0 bridgehead atoms. The lowest BCUT2D eigenvalue weighted by Crippen LogP contribution is -2.05. The number of aryl methyl sites for hydroxylation is 1. The molecule has 1 nitrogen and oxygen atoms in total. The number of aliphatic hydroxyl groups excluding tert-OH is 1. The first-order valence-electron chi connectivity index (χ1n) is 5.81. The zero-order chi connectivity index (χ0) is 14.2. The van der Waals surface area contributed by atoms with Crippen molar-refractivity contribution in [3.05, 3.63) is 68.7 Å². The second-order valence-electron chi connectivity index (χ2n) is 4.46. The molecule has 0 aliphatic rings. The molecule has 1 N–H and O–H groups in total. The maximum absolute atomic E-state index is 13.5. The highest BCUT2D eigenvalue weighted by Crippen LogP contribution is 2.33. The van der Waals surface area contributed by atoms with Crippen molar-refractivity contribution in [2.24, 2.45) is 0 Å². The summed E-state index contributed by atoms with van der Waals surface area (Å²) >= 11 is 3.00. The van der Waals surface area contributed by atoms with Crippen molar-refractivity contribution < 1.29 is 13.9 Å². The van der Waals surface area contributed by atoms with Crippen LogP contribution in [0.4, 0.5) is 8.78 Å². The average molecular weight is 327 g/mol. The predicted molar refractivity (Wildman–Crippen MR) is 74.0 cm³/mol. The lowest BCUT2D eigenvalue weighted by molar-refractivity contribution is 0.217. The summed E-state index contributed by atoms with van der Waals surface area (Å²) in [7, 11) is 0. The predicted octanol–water partition coefficient (Wildman–Crippen LogP) is 4.43. The Balaban J connectivity index is 2.53. The topological polar surface area (TPSA) is 20.2 Å². The van der Waals surface area contributed by atoms with E-state index in [0.717, 1.165) is 17.2 Å². The van der Waals surface area contributed by atoms with E-state index in [9.17, 15) is 13.9 Å². The molecule has 0 amide bonds. The van der Waals surface area contributed by atoms with Crippen LogP contribution in [0.15, 0.2) is 34.8 Å². The zero-order valence-electron chi connectivity index (χ0n) is 10.5. The molecule has 0 spiro atoms. The number of halogens is 3. The van der Waals surface area contributed by atoms with E-state index < -0.39 is 17.7 Å². The van der Waals surface area contributed by atoms with Gasteiger partial charge in [-0.05, 0) is 52.5 Å². The van der Waals surface area contributed by atoms with E-state index in [0.29, 0.717) is 11.1 Å². The van der Waals surface area contributed by atoms with Gasteiger partial charge < -0.3 is 5.11 Å². The van der Waals surface area contributed by atoms with Gasteiger partial charge in [0.25, 0.3) is 0 Å². The van der Waals surface area contributed by atoms with Crippen LogP contribution in [0.5, 0.6) is 0 Å². The van der Waals surface area contributed by atoms with Crippen LogP contribution in [-0.4, -0.2) is 5.11 Å². The minimum atomic E-state index is -0.996. The fourth-order valence-electron chi connectivity index (χ4n) is 1.99. The molecule has 0 aliphatic heterocycles. The van der Waals surface area contributed by atoms with Gasteiger partial charge in [0.2, 0.25) is 0 Å². The van der Waals surface area contributed by atoms with Gasteiger partial charge in [0, 0.05) is 5.56 Å². The van der Waals surface area contributed by atoms with Crippen LogP contribution >= 0.6 is 15.9 Å². The van der Waals surface area contributed by atoms with Gasteiger partial charge in [-0.1, -0.05) is 24.3 Å². The Kier molecular flexibility index (Phi) is 4.02. The summed E-state index contributed by atoms with van der Waals surface area (Å²) in [6.45, 7) is 3.83. The molecule has 19 heavy (non-hydrogen) atoms. The van der Waals surface area contributed by atoms with Crippen LogP contribution in [0, 0.1) is 25.5 Å². The number of benzene rings is 2. The van der Waals surface area contributed by atoms with Crippen molar-refractivity contribution in [1.29, 1.82) is 0 Å². The minimum Gasteiger partial charge on any atom is -0.384 e. The Morgan fingerprint density at radius 1 is 1.05 bits per heavy atom. The van der Waals surface area contributed by atoms with Crippen LogP contribution in [-0.2, 0) is 0 Å². The third kappa shape index (κ3) is 2.55. The van der Waals surface area contributed by atoms with Gasteiger partial charge >= 0.3 is 0 Å². The van der Waals surface area contributed by atoms with Crippen LogP contribution < -0.4 is 0 Å². The Morgan fingerprint density at radius 2 is 1.74 bits per heavy atom. The highest BCUT2D eigenvalue weighted by atomic mass is 79.9. The minimum absolute atomic E-state index is 0.0408. The van der Waals surface area contributed by atoms with Crippen LogP contribution in [0.1, 0.15) is 28.4 Å². The van der Waals surface area contributed by atoms with Gasteiger partial charge in [-0.25, -0.2) is 8.78 Å². The molecule has 0 saturated carbocycles. The Morgan fingerprint density at radius 3 is 2.42 bits per heavy atom. The Hall–Kier alpha value is -1.26. The number of hydrogen-bond acceptors (Lipinski definition) is 1. The van der Waals surface area contributed by atoms with Crippen molar-refractivity contribution in [3.63, 3.8) is 0 Å². The van der Waals surface area contributed by atoms with E-state index in [1.54, 1.807) is 6.07 Å². The fourth-order valence-corrected chi connectivity index (χ4v) is 2.53. The molecule has 0 aliphatic carbocycles. The van der Waals surface area contributed by atoms with Gasteiger partial charge in [0.15, 0.2) is 11.6 Å². The van der Waals surface area contributed by atoms with Crippen LogP contribution in [0.3, 0.4) is 0 Å². The average Bonchev–Trinajstić information content (AvgIpc) is 2.39. The molecule has 2 aromatic rings. The lowest BCUT2D eigenvalue weighted by Gasteiger charge is -2.17. The smallest absolute Gasteiger partial charge is 0.173 e. The fraction of sp³-hybridized carbons (Fsp3) is 0.200. The second kappa shape index (κ2) is 5.39. The van der Waals surface area contributed by atoms with E-state index in [2.05, 4.69) is 15.9 Å². The zero-order valence-corrected chi connectivity index (χ0v) is 12.1. The molecule has 1 atom stereocenters. The van der Waals surface area contributed by atoms with Gasteiger partial charge in [-0.3, -0.25) is 0 Å². The number of aliphatic hydroxyl groups is 1. The van der Waals surface area contributed by atoms with Gasteiger partial charge in [-0.2, -0.15) is 0 Å². The standard InChI is InChI=1S/C15H13BrF2O/c1-8-4-3-5-10(9(8)2)15(19)11-6-7-12(17)14(18)13(11)16/h3-7,15,19H,1-2H3. The third-order valence-corrected chi connectivity index (χ3v) is 4.11. The molecule has 0 radical (unpaired) electrons. The Labute approximate surface area is 119 Å². The largest absolute Gasteiger partial charge is 0.384 e. The summed E-state index contributed by atoms with van der Waals surface area (Å²) in [5.41, 5.74) is 2.97. The van der Waals surface area contributed by atoms with Gasteiger partial charge in [0.1, 0.15) is 6.10 Å².